The van der Waals surface area contributed by atoms with Crippen molar-refractivity contribution in [1.82, 2.24) is 19.9 Å². The molecule has 3 aromatic heterocycles. The Bertz CT molecular complexity index is 688. The number of rotatable bonds is 5. The summed E-state index contributed by atoms with van der Waals surface area (Å²) < 4.78 is 0. The minimum atomic E-state index is 0.800. The van der Waals surface area contributed by atoms with Crippen molar-refractivity contribution in [3.8, 4) is 11.1 Å². The number of pyridine rings is 2. The second kappa shape index (κ2) is 5.82. The molecule has 20 heavy (non-hydrogen) atoms. The first-order valence-electron chi connectivity index (χ1n) is 7.12. The summed E-state index contributed by atoms with van der Waals surface area (Å²) in [6, 6.07) is 6.21. The van der Waals surface area contributed by atoms with Crippen molar-refractivity contribution in [2.75, 3.05) is 0 Å². The summed E-state index contributed by atoms with van der Waals surface area (Å²) in [7, 11) is 0. The Labute approximate surface area is 118 Å². The largest absolute Gasteiger partial charge is 0.343 e. The second-order valence-electron chi connectivity index (χ2n) is 4.95. The van der Waals surface area contributed by atoms with Gasteiger partial charge in [0.1, 0.15) is 0 Å². The summed E-state index contributed by atoms with van der Waals surface area (Å²) in [5.74, 6) is 0. The van der Waals surface area contributed by atoms with Gasteiger partial charge >= 0.3 is 0 Å². The Kier molecular flexibility index (Phi) is 3.72. The van der Waals surface area contributed by atoms with Crippen LogP contribution in [0.3, 0.4) is 0 Å². The molecule has 3 rings (SSSR count). The van der Waals surface area contributed by atoms with Crippen LogP contribution in [0.4, 0.5) is 0 Å². The molecule has 0 radical (unpaired) electrons. The lowest BCUT2D eigenvalue weighted by Crippen LogP contribution is -1.96. The van der Waals surface area contributed by atoms with Gasteiger partial charge in [0.15, 0.2) is 5.65 Å². The highest BCUT2D eigenvalue weighted by Gasteiger charge is 2.10. The number of aromatic amines is 1. The van der Waals surface area contributed by atoms with Gasteiger partial charge in [-0.3, -0.25) is 4.98 Å². The summed E-state index contributed by atoms with van der Waals surface area (Å²) >= 11 is 0. The first-order valence-corrected chi connectivity index (χ1v) is 7.12. The molecule has 0 aromatic carbocycles. The van der Waals surface area contributed by atoms with Gasteiger partial charge in [-0.15, -0.1) is 0 Å². The number of nitrogens with zero attached hydrogens (tertiary/aromatic N) is 3. The van der Waals surface area contributed by atoms with Crippen LogP contribution in [0.5, 0.6) is 0 Å². The van der Waals surface area contributed by atoms with E-state index in [1.807, 2.05) is 24.5 Å². The molecule has 0 spiro atoms. The Balaban J connectivity index is 2.04. The number of fused-ring (bicyclic) bond motifs is 1. The molecule has 0 saturated heterocycles. The van der Waals surface area contributed by atoms with Gasteiger partial charge in [-0.2, -0.15) is 0 Å². The highest BCUT2D eigenvalue weighted by molar-refractivity contribution is 5.79. The zero-order valence-electron chi connectivity index (χ0n) is 11.6. The Hall–Kier alpha value is -2.23. The number of imidazole rings is 1. The number of hydrogen-bond acceptors (Lipinski definition) is 3. The van der Waals surface area contributed by atoms with Crippen LogP contribution in [-0.4, -0.2) is 19.9 Å². The lowest BCUT2D eigenvalue weighted by Gasteiger charge is -2.09. The van der Waals surface area contributed by atoms with Crippen LogP contribution in [0.25, 0.3) is 22.3 Å². The van der Waals surface area contributed by atoms with Crippen LogP contribution < -0.4 is 0 Å². The van der Waals surface area contributed by atoms with Crippen LogP contribution in [-0.2, 0) is 6.42 Å². The van der Waals surface area contributed by atoms with Crippen LogP contribution in [0.1, 0.15) is 31.9 Å². The number of H-pyrrole nitrogens is 1. The fraction of sp³-hybridized carbons (Fsp3) is 0.312. The van der Waals surface area contributed by atoms with Crippen molar-refractivity contribution in [3.05, 3.63) is 42.6 Å². The van der Waals surface area contributed by atoms with E-state index in [4.69, 9.17) is 4.98 Å². The topological polar surface area (TPSA) is 54.5 Å². The van der Waals surface area contributed by atoms with Gasteiger partial charge in [-0.1, -0.05) is 19.8 Å². The summed E-state index contributed by atoms with van der Waals surface area (Å²) in [5.41, 5.74) is 5.25. The average molecular weight is 266 g/mol. The Morgan fingerprint density at radius 2 is 2.00 bits per heavy atom. The molecule has 0 saturated carbocycles. The minimum Gasteiger partial charge on any atom is -0.343 e. The quantitative estimate of drug-likeness (QED) is 0.715. The summed E-state index contributed by atoms with van der Waals surface area (Å²) in [6.45, 7) is 2.22. The number of unbranched alkanes of at least 4 members (excludes halogenated alkanes) is 2. The van der Waals surface area contributed by atoms with E-state index in [0.29, 0.717) is 0 Å². The van der Waals surface area contributed by atoms with Crippen molar-refractivity contribution >= 4 is 11.2 Å². The van der Waals surface area contributed by atoms with Crippen LogP contribution in [0, 0.1) is 0 Å². The molecule has 0 bridgehead atoms. The van der Waals surface area contributed by atoms with Crippen LogP contribution >= 0.6 is 0 Å². The monoisotopic (exact) mass is 266 g/mol. The van der Waals surface area contributed by atoms with E-state index < -0.39 is 0 Å². The first-order chi connectivity index (χ1) is 9.88. The lowest BCUT2D eigenvalue weighted by molar-refractivity contribution is 0.709. The molecule has 0 aliphatic heterocycles. The van der Waals surface area contributed by atoms with Gasteiger partial charge < -0.3 is 4.98 Å². The van der Waals surface area contributed by atoms with Crippen molar-refractivity contribution in [3.63, 3.8) is 0 Å². The van der Waals surface area contributed by atoms with Gasteiger partial charge in [0.25, 0.3) is 0 Å². The van der Waals surface area contributed by atoms with E-state index in [2.05, 4.69) is 27.9 Å². The summed E-state index contributed by atoms with van der Waals surface area (Å²) in [4.78, 5) is 16.2. The van der Waals surface area contributed by atoms with Gasteiger partial charge in [0, 0.05) is 18.0 Å². The van der Waals surface area contributed by atoms with Crippen LogP contribution in [0.2, 0.25) is 0 Å². The number of aromatic nitrogens is 4. The van der Waals surface area contributed by atoms with Crippen molar-refractivity contribution < 1.29 is 0 Å². The van der Waals surface area contributed by atoms with E-state index in [-0.39, 0.29) is 0 Å². The number of nitrogens with one attached hydrogen (secondary N) is 1. The maximum atomic E-state index is 4.72. The Morgan fingerprint density at radius 1 is 1.15 bits per heavy atom. The average Bonchev–Trinajstić information content (AvgIpc) is 2.95. The standard InChI is InChI=1S/C16H18N4/c1-2-3-4-5-14-13(12-6-8-17-9-7-12)10-15-16(20-14)19-11-18-15/h6-11H,2-5H2,1H3,(H,18,19,20). The van der Waals surface area contributed by atoms with Gasteiger partial charge in [-0.25, -0.2) is 9.97 Å². The molecule has 0 amide bonds. The van der Waals surface area contributed by atoms with Crippen molar-refractivity contribution in [1.29, 1.82) is 0 Å². The molecule has 0 aliphatic rings. The third-order valence-electron chi connectivity index (χ3n) is 3.50. The zero-order chi connectivity index (χ0) is 13.8. The Morgan fingerprint density at radius 3 is 2.80 bits per heavy atom. The predicted octanol–water partition coefficient (Wildman–Crippen LogP) is 3.75. The molecule has 1 N–H and O–H groups in total. The second-order valence-corrected chi connectivity index (χ2v) is 4.95. The van der Waals surface area contributed by atoms with Crippen molar-refractivity contribution in [2.24, 2.45) is 0 Å². The molecule has 0 unspecified atom stereocenters. The molecule has 4 nitrogen and oxygen atoms in total. The lowest BCUT2D eigenvalue weighted by atomic mass is 10.0. The van der Waals surface area contributed by atoms with E-state index in [1.165, 1.54) is 18.4 Å². The number of aryl methyl sites for hydroxylation is 1. The fourth-order valence-electron chi connectivity index (χ4n) is 2.42. The van der Waals surface area contributed by atoms with Gasteiger partial charge in [0.2, 0.25) is 0 Å². The zero-order valence-corrected chi connectivity index (χ0v) is 11.6. The maximum absolute atomic E-state index is 4.72. The van der Waals surface area contributed by atoms with E-state index in [1.54, 1.807) is 6.33 Å². The third kappa shape index (κ3) is 2.54. The normalized spacial score (nSPS) is 11.1. The molecule has 0 atom stereocenters. The van der Waals surface area contributed by atoms with Gasteiger partial charge in [-0.05, 0) is 36.6 Å². The number of hydrogen-bond donors (Lipinski definition) is 1. The molecule has 4 heteroatoms. The highest BCUT2D eigenvalue weighted by atomic mass is 15.0. The smallest absolute Gasteiger partial charge is 0.177 e. The molecular formula is C16H18N4. The maximum Gasteiger partial charge on any atom is 0.177 e. The molecule has 3 heterocycles. The van der Waals surface area contributed by atoms with E-state index >= 15 is 0 Å². The van der Waals surface area contributed by atoms with Crippen molar-refractivity contribution in [2.45, 2.75) is 32.6 Å². The van der Waals surface area contributed by atoms with E-state index in [0.717, 1.165) is 35.3 Å². The summed E-state index contributed by atoms with van der Waals surface area (Å²) in [5, 5.41) is 0. The molecule has 0 fully saturated rings. The van der Waals surface area contributed by atoms with E-state index in [9.17, 15) is 0 Å². The highest BCUT2D eigenvalue weighted by Crippen LogP contribution is 2.26. The molecule has 3 aromatic rings. The molecule has 0 aliphatic carbocycles. The predicted molar refractivity (Wildman–Crippen MR) is 80.3 cm³/mol. The van der Waals surface area contributed by atoms with Crippen LogP contribution in [0.15, 0.2) is 36.9 Å². The fourth-order valence-corrected chi connectivity index (χ4v) is 2.42. The SMILES string of the molecule is CCCCCc1nc2nc[nH]c2cc1-c1ccncc1. The van der Waals surface area contributed by atoms with Gasteiger partial charge in [0.05, 0.1) is 17.5 Å². The first kappa shape index (κ1) is 12.8. The molecular weight excluding hydrogens is 248 g/mol. The summed E-state index contributed by atoms with van der Waals surface area (Å²) in [6.07, 6.45) is 9.95. The third-order valence-corrected chi connectivity index (χ3v) is 3.50. The molecule has 102 valence electrons. The minimum absolute atomic E-state index is 0.800.